The van der Waals surface area contributed by atoms with Gasteiger partial charge in [0.2, 0.25) is 21.9 Å². The third-order valence-corrected chi connectivity index (χ3v) is 8.97. The number of nitrogens with two attached hydrogens (primary N) is 1. The molecule has 0 unspecified atom stereocenters. The number of rotatable bonds is 6. The van der Waals surface area contributed by atoms with Gasteiger partial charge in [0, 0.05) is 43.1 Å². The fourth-order valence-electron chi connectivity index (χ4n) is 4.46. The summed E-state index contributed by atoms with van der Waals surface area (Å²) in [6.45, 7) is 0.962. The SMILES string of the molecule is Cn1nc(-c2ccc3c(c2)CCN(S(=O)(=O)C2CC2)C3)nc1Nc1ccc(-c2ccnc(N)n2)cc1. The number of benzene rings is 2. The number of nitrogens with zero attached hydrogens (tertiary/aromatic N) is 6. The second-order valence-electron chi connectivity index (χ2n) is 9.20. The molecule has 0 spiro atoms. The summed E-state index contributed by atoms with van der Waals surface area (Å²) in [4.78, 5) is 12.9. The average molecular weight is 503 g/mol. The summed E-state index contributed by atoms with van der Waals surface area (Å²) in [6, 6.07) is 15.7. The Kier molecular flexibility index (Phi) is 5.45. The smallest absolute Gasteiger partial charge is 0.225 e. The zero-order chi connectivity index (χ0) is 24.9. The van der Waals surface area contributed by atoms with Crippen LogP contribution in [0.15, 0.2) is 54.7 Å². The van der Waals surface area contributed by atoms with Crippen LogP contribution in [0.5, 0.6) is 0 Å². The molecule has 2 aliphatic rings. The number of hydrogen-bond donors (Lipinski definition) is 2. The Morgan fingerprint density at radius 1 is 1.00 bits per heavy atom. The highest BCUT2D eigenvalue weighted by molar-refractivity contribution is 7.90. The molecule has 11 heteroatoms. The van der Waals surface area contributed by atoms with Gasteiger partial charge in [0.25, 0.3) is 0 Å². The van der Waals surface area contributed by atoms with Gasteiger partial charge in [-0.05, 0) is 54.7 Å². The largest absolute Gasteiger partial charge is 0.368 e. The van der Waals surface area contributed by atoms with Crippen molar-refractivity contribution >= 4 is 27.6 Å². The maximum atomic E-state index is 12.6. The van der Waals surface area contributed by atoms with Gasteiger partial charge in [0.15, 0.2) is 5.82 Å². The third kappa shape index (κ3) is 4.31. The van der Waals surface area contributed by atoms with Crippen LogP contribution in [-0.4, -0.2) is 49.3 Å². The van der Waals surface area contributed by atoms with Crippen LogP contribution in [0.25, 0.3) is 22.6 Å². The predicted molar refractivity (Wildman–Crippen MR) is 138 cm³/mol. The summed E-state index contributed by atoms with van der Waals surface area (Å²) in [7, 11) is -1.32. The molecule has 3 heterocycles. The molecule has 6 rings (SSSR count). The topological polar surface area (TPSA) is 132 Å². The summed E-state index contributed by atoms with van der Waals surface area (Å²) in [5, 5.41) is 7.73. The second-order valence-corrected chi connectivity index (χ2v) is 11.4. The van der Waals surface area contributed by atoms with Crippen LogP contribution in [-0.2, 0) is 30.0 Å². The summed E-state index contributed by atoms with van der Waals surface area (Å²) >= 11 is 0. The number of aryl methyl sites for hydroxylation is 1. The van der Waals surface area contributed by atoms with Crippen molar-refractivity contribution in [1.82, 2.24) is 29.0 Å². The van der Waals surface area contributed by atoms with Crippen molar-refractivity contribution in [3.05, 3.63) is 65.9 Å². The Hall–Kier alpha value is -3.83. The lowest BCUT2D eigenvalue weighted by molar-refractivity contribution is 0.390. The Balaban J connectivity index is 1.18. The fraction of sp³-hybridized carbons (Fsp3) is 0.280. The van der Waals surface area contributed by atoms with Crippen molar-refractivity contribution in [1.29, 1.82) is 0 Å². The second kappa shape index (κ2) is 8.68. The van der Waals surface area contributed by atoms with Crippen molar-refractivity contribution in [3.8, 4) is 22.6 Å². The number of nitrogen functional groups attached to an aromatic ring is 1. The first-order valence-electron chi connectivity index (χ1n) is 11.8. The van der Waals surface area contributed by atoms with Crippen LogP contribution < -0.4 is 11.1 Å². The quantitative estimate of drug-likeness (QED) is 0.411. The number of sulfonamides is 1. The first kappa shape index (κ1) is 22.6. The molecule has 0 radical (unpaired) electrons. The molecule has 2 aromatic carbocycles. The van der Waals surface area contributed by atoms with Gasteiger partial charge in [0.05, 0.1) is 10.9 Å². The van der Waals surface area contributed by atoms with E-state index in [0.29, 0.717) is 31.3 Å². The van der Waals surface area contributed by atoms with Crippen LogP contribution in [0.2, 0.25) is 0 Å². The molecular weight excluding hydrogens is 476 g/mol. The third-order valence-electron chi connectivity index (χ3n) is 6.62. The normalized spacial score (nSPS) is 16.0. The highest BCUT2D eigenvalue weighted by Crippen LogP contribution is 2.34. The van der Waals surface area contributed by atoms with E-state index in [-0.39, 0.29) is 11.2 Å². The summed E-state index contributed by atoms with van der Waals surface area (Å²) < 4.78 is 28.6. The predicted octanol–water partition coefficient (Wildman–Crippen LogP) is 3.12. The minimum absolute atomic E-state index is 0.177. The molecule has 184 valence electrons. The molecule has 1 aliphatic carbocycles. The summed E-state index contributed by atoms with van der Waals surface area (Å²) in [6.07, 6.45) is 3.90. The lowest BCUT2D eigenvalue weighted by atomic mass is 9.98. The maximum absolute atomic E-state index is 12.6. The summed E-state index contributed by atoms with van der Waals surface area (Å²) in [5.41, 5.74) is 11.4. The molecule has 0 saturated heterocycles. The number of fused-ring (bicyclic) bond motifs is 1. The molecule has 0 bridgehead atoms. The standard InChI is InChI=1S/C25H26N8O2S/c1-32-25(28-20-6-4-16(5-7-20)22-10-12-27-24(26)29-22)30-23(31-32)18-2-3-19-15-33(13-11-17(19)14-18)36(34,35)21-8-9-21/h2-7,10,12,14,21H,8-9,11,13,15H2,1H3,(H2,26,27,29)(H,28,30,31). The average Bonchev–Trinajstić information content (AvgIpc) is 3.68. The Morgan fingerprint density at radius 2 is 1.78 bits per heavy atom. The van der Waals surface area contributed by atoms with Crippen molar-refractivity contribution in [2.75, 3.05) is 17.6 Å². The van der Waals surface area contributed by atoms with E-state index in [0.717, 1.165) is 46.5 Å². The van der Waals surface area contributed by atoms with Crippen LogP contribution in [0, 0.1) is 0 Å². The highest BCUT2D eigenvalue weighted by Gasteiger charge is 2.41. The number of hydrogen-bond acceptors (Lipinski definition) is 8. The maximum Gasteiger partial charge on any atom is 0.225 e. The van der Waals surface area contributed by atoms with Crippen molar-refractivity contribution in [3.63, 3.8) is 0 Å². The van der Waals surface area contributed by atoms with Crippen molar-refractivity contribution in [2.45, 2.75) is 31.1 Å². The molecule has 10 nitrogen and oxygen atoms in total. The zero-order valence-electron chi connectivity index (χ0n) is 19.8. The minimum atomic E-state index is -3.16. The molecule has 0 amide bonds. The van der Waals surface area contributed by atoms with Crippen molar-refractivity contribution < 1.29 is 8.42 Å². The van der Waals surface area contributed by atoms with E-state index in [9.17, 15) is 8.42 Å². The van der Waals surface area contributed by atoms with E-state index < -0.39 is 10.0 Å². The van der Waals surface area contributed by atoms with Gasteiger partial charge < -0.3 is 11.1 Å². The molecule has 3 N–H and O–H groups in total. The lowest BCUT2D eigenvalue weighted by Crippen LogP contribution is -2.37. The molecule has 4 aromatic rings. The Labute approximate surface area is 209 Å². The van der Waals surface area contributed by atoms with Gasteiger partial charge in [-0.15, -0.1) is 5.10 Å². The van der Waals surface area contributed by atoms with E-state index in [1.54, 1.807) is 15.2 Å². The Bertz CT molecular complexity index is 1540. The van der Waals surface area contributed by atoms with Crippen LogP contribution in [0.4, 0.5) is 17.6 Å². The molecule has 1 aliphatic heterocycles. The Morgan fingerprint density at radius 3 is 2.53 bits per heavy atom. The van der Waals surface area contributed by atoms with Crippen LogP contribution in [0.1, 0.15) is 24.0 Å². The molecule has 0 atom stereocenters. The minimum Gasteiger partial charge on any atom is -0.368 e. The van der Waals surface area contributed by atoms with Crippen molar-refractivity contribution in [2.24, 2.45) is 7.05 Å². The van der Waals surface area contributed by atoms with Gasteiger partial charge in [0.1, 0.15) is 0 Å². The van der Waals surface area contributed by atoms with Gasteiger partial charge in [-0.25, -0.2) is 23.1 Å². The number of aromatic nitrogens is 5. The fourth-order valence-corrected chi connectivity index (χ4v) is 6.28. The first-order valence-corrected chi connectivity index (χ1v) is 13.4. The van der Waals surface area contributed by atoms with Crippen LogP contribution >= 0.6 is 0 Å². The molecule has 1 saturated carbocycles. The molecule has 1 fully saturated rings. The van der Waals surface area contributed by atoms with Gasteiger partial charge in [-0.1, -0.05) is 24.3 Å². The van der Waals surface area contributed by atoms with Crippen LogP contribution in [0.3, 0.4) is 0 Å². The highest BCUT2D eigenvalue weighted by atomic mass is 32.2. The summed E-state index contributed by atoms with van der Waals surface area (Å²) in [5.74, 6) is 1.47. The molecular formula is C25H26N8O2S. The number of nitrogens with one attached hydrogen (secondary N) is 1. The van der Waals surface area contributed by atoms with Gasteiger partial charge in [-0.2, -0.15) is 9.29 Å². The van der Waals surface area contributed by atoms with Gasteiger partial charge >= 0.3 is 0 Å². The molecule has 36 heavy (non-hydrogen) atoms. The first-order chi connectivity index (χ1) is 17.4. The van der Waals surface area contributed by atoms with E-state index in [4.69, 9.17) is 10.7 Å². The monoisotopic (exact) mass is 502 g/mol. The van der Waals surface area contributed by atoms with E-state index in [1.807, 2.05) is 49.5 Å². The zero-order valence-corrected chi connectivity index (χ0v) is 20.6. The van der Waals surface area contributed by atoms with E-state index >= 15 is 0 Å². The van der Waals surface area contributed by atoms with E-state index in [1.165, 1.54) is 0 Å². The van der Waals surface area contributed by atoms with Gasteiger partial charge in [-0.3, -0.25) is 0 Å². The van der Waals surface area contributed by atoms with E-state index in [2.05, 4.69) is 26.4 Å². The number of anilines is 3. The molecule has 2 aromatic heterocycles. The lowest BCUT2D eigenvalue weighted by Gasteiger charge is -2.28.